The van der Waals surface area contributed by atoms with Gasteiger partial charge in [-0.3, -0.25) is 4.79 Å². The Morgan fingerprint density at radius 3 is 2.48 bits per heavy atom. The van der Waals surface area contributed by atoms with Crippen molar-refractivity contribution in [3.05, 3.63) is 70.0 Å². The number of halogens is 1. The largest absolute Gasteiger partial charge is 0.453 e. The summed E-state index contributed by atoms with van der Waals surface area (Å²) in [7, 11) is 3.39. The predicted octanol–water partition coefficient (Wildman–Crippen LogP) is 5.50. The molecule has 3 heterocycles. The summed E-state index contributed by atoms with van der Waals surface area (Å²) in [5.74, 6) is 0.407. The van der Waals surface area contributed by atoms with E-state index in [-0.39, 0.29) is 17.2 Å². The number of hydrogen-bond donors (Lipinski definition) is 0. The molecule has 0 atom stereocenters. The van der Waals surface area contributed by atoms with Crippen molar-refractivity contribution in [1.29, 1.82) is 0 Å². The summed E-state index contributed by atoms with van der Waals surface area (Å²) in [6.45, 7) is 1.90. The molecular weight excluding hydrogens is 440 g/mol. The molecule has 0 saturated carbocycles. The first-order valence-corrected chi connectivity index (χ1v) is 11.4. The van der Waals surface area contributed by atoms with E-state index in [9.17, 15) is 4.79 Å². The van der Waals surface area contributed by atoms with Crippen molar-refractivity contribution in [1.82, 2.24) is 4.98 Å². The Hall–Kier alpha value is -2.93. The lowest BCUT2D eigenvalue weighted by Crippen LogP contribution is -2.39. The zero-order chi connectivity index (χ0) is 22.9. The molecule has 0 aliphatic carbocycles. The highest BCUT2D eigenvalue weighted by Gasteiger charge is 2.26. The van der Waals surface area contributed by atoms with Gasteiger partial charge in [0.1, 0.15) is 5.58 Å². The zero-order valence-electron chi connectivity index (χ0n) is 18.6. The van der Waals surface area contributed by atoms with E-state index in [2.05, 4.69) is 34.1 Å². The molecule has 1 aliphatic rings. The predicted molar refractivity (Wildman–Crippen MR) is 131 cm³/mol. The Kier molecular flexibility index (Phi) is 6.06. The number of fused-ring (bicyclic) bond motifs is 2. The molecule has 4 aromatic rings. The maximum absolute atomic E-state index is 13.0. The number of aromatic nitrogens is 1. The van der Waals surface area contributed by atoms with E-state index in [1.807, 2.05) is 6.07 Å². The van der Waals surface area contributed by atoms with Gasteiger partial charge in [-0.1, -0.05) is 29.8 Å². The minimum atomic E-state index is -0.219. The van der Waals surface area contributed by atoms with E-state index < -0.39 is 0 Å². The van der Waals surface area contributed by atoms with Gasteiger partial charge >= 0.3 is 0 Å². The van der Waals surface area contributed by atoms with Crippen LogP contribution < -0.4 is 10.3 Å². The van der Waals surface area contributed by atoms with Gasteiger partial charge in [0.2, 0.25) is 5.43 Å². The van der Waals surface area contributed by atoms with Crippen molar-refractivity contribution < 1.29 is 13.9 Å². The summed E-state index contributed by atoms with van der Waals surface area (Å²) in [5, 5.41) is 0.727. The van der Waals surface area contributed by atoms with Gasteiger partial charge in [0.25, 0.3) is 0 Å². The van der Waals surface area contributed by atoms with Gasteiger partial charge in [-0.25, -0.2) is 4.98 Å². The van der Waals surface area contributed by atoms with Crippen molar-refractivity contribution in [3.8, 4) is 11.1 Å². The second kappa shape index (κ2) is 9.14. The number of rotatable bonds is 5. The number of anilines is 1. The Balaban J connectivity index is 1.45. The third-order valence-corrected chi connectivity index (χ3v) is 6.78. The fraction of sp³-hybridized carbons (Fsp3) is 0.308. The lowest BCUT2D eigenvalue weighted by atomic mass is 9.95. The third kappa shape index (κ3) is 3.99. The summed E-state index contributed by atoms with van der Waals surface area (Å²) in [4.78, 5) is 19.7. The summed E-state index contributed by atoms with van der Waals surface area (Å²) >= 11 is 6.25. The average Bonchev–Trinajstić information content (AvgIpc) is 2.85. The van der Waals surface area contributed by atoms with Crippen LogP contribution in [0.3, 0.4) is 0 Å². The highest BCUT2D eigenvalue weighted by Crippen LogP contribution is 2.32. The maximum atomic E-state index is 13.0. The van der Waals surface area contributed by atoms with Gasteiger partial charge in [0, 0.05) is 50.7 Å². The molecule has 1 fully saturated rings. The molecule has 0 bridgehead atoms. The molecule has 7 heteroatoms. The Labute approximate surface area is 196 Å². The molecule has 6 nitrogen and oxygen atoms in total. The van der Waals surface area contributed by atoms with Crippen LogP contribution in [0.25, 0.3) is 33.2 Å². The van der Waals surface area contributed by atoms with E-state index in [0.717, 1.165) is 37.1 Å². The molecule has 0 unspecified atom stereocenters. The van der Waals surface area contributed by atoms with Crippen molar-refractivity contribution >= 4 is 39.4 Å². The summed E-state index contributed by atoms with van der Waals surface area (Å²) in [6, 6.07) is 15.4. The van der Waals surface area contributed by atoms with Crippen molar-refractivity contribution in [2.75, 3.05) is 32.2 Å². The van der Waals surface area contributed by atoms with Crippen LogP contribution >= 0.6 is 11.6 Å². The van der Waals surface area contributed by atoms with E-state index in [4.69, 9.17) is 25.5 Å². The van der Waals surface area contributed by atoms with Crippen LogP contribution in [-0.2, 0) is 9.47 Å². The van der Waals surface area contributed by atoms with Gasteiger partial charge in [0.15, 0.2) is 17.4 Å². The maximum Gasteiger partial charge on any atom is 0.220 e. The first-order chi connectivity index (χ1) is 16.1. The second-order valence-corrected chi connectivity index (χ2v) is 8.70. The van der Waals surface area contributed by atoms with Gasteiger partial charge in [-0.2, -0.15) is 0 Å². The molecule has 1 saturated heterocycles. The number of pyridine rings is 1. The number of hydrogen-bond acceptors (Lipinski definition) is 6. The lowest BCUT2D eigenvalue weighted by Gasteiger charge is -2.36. The number of nitrogens with zero attached hydrogens (tertiary/aromatic N) is 2. The zero-order valence-corrected chi connectivity index (χ0v) is 19.3. The number of benzene rings is 2. The Bertz CT molecular complexity index is 1340. The van der Waals surface area contributed by atoms with Crippen LogP contribution in [0.4, 0.5) is 5.69 Å². The smallest absolute Gasteiger partial charge is 0.220 e. The molecule has 2 aromatic carbocycles. The topological polar surface area (TPSA) is 64.8 Å². The second-order valence-electron chi connectivity index (χ2n) is 8.29. The number of ether oxygens (including phenoxy) is 2. The molecule has 170 valence electrons. The van der Waals surface area contributed by atoms with E-state index in [1.54, 1.807) is 38.6 Å². The molecule has 0 spiro atoms. The van der Waals surface area contributed by atoms with Crippen LogP contribution in [0, 0.1) is 5.92 Å². The van der Waals surface area contributed by atoms with Crippen molar-refractivity contribution in [2.45, 2.75) is 19.1 Å². The molecule has 33 heavy (non-hydrogen) atoms. The van der Waals surface area contributed by atoms with Gasteiger partial charge in [0.05, 0.1) is 10.4 Å². The Morgan fingerprint density at radius 1 is 1.06 bits per heavy atom. The van der Waals surface area contributed by atoms with Crippen LogP contribution in [0.1, 0.15) is 12.8 Å². The van der Waals surface area contributed by atoms with Crippen LogP contribution in [0.15, 0.2) is 63.9 Å². The monoisotopic (exact) mass is 464 g/mol. The van der Waals surface area contributed by atoms with Crippen molar-refractivity contribution in [2.24, 2.45) is 5.92 Å². The lowest BCUT2D eigenvalue weighted by molar-refractivity contribution is -0.141. The van der Waals surface area contributed by atoms with Crippen molar-refractivity contribution in [3.63, 3.8) is 0 Å². The summed E-state index contributed by atoms with van der Waals surface area (Å²) in [5.41, 5.74) is 3.95. The fourth-order valence-electron chi connectivity index (χ4n) is 4.74. The molecule has 2 aromatic heterocycles. The normalized spacial score (nSPS) is 15.1. The quantitative estimate of drug-likeness (QED) is 0.287. The molecule has 0 amide bonds. The van der Waals surface area contributed by atoms with Crippen LogP contribution in [-0.4, -0.2) is 38.6 Å². The van der Waals surface area contributed by atoms with Gasteiger partial charge in [-0.05, 0) is 48.7 Å². The molecule has 1 aliphatic heterocycles. The van der Waals surface area contributed by atoms with Crippen LogP contribution in [0.2, 0.25) is 5.02 Å². The summed E-state index contributed by atoms with van der Waals surface area (Å²) in [6.07, 6.45) is 3.53. The number of methoxy groups -OCH3 is 2. The summed E-state index contributed by atoms with van der Waals surface area (Å²) < 4.78 is 17.0. The molecule has 5 rings (SSSR count). The SMILES string of the molecule is COC(OC)C1CCN(c2ccc(-c3ccnc4c(=O)c5c(Cl)cccc5oc34)cc2)CC1. The first-order valence-electron chi connectivity index (χ1n) is 11.0. The minimum absolute atomic E-state index is 0.143. The van der Waals surface area contributed by atoms with E-state index in [1.165, 1.54) is 5.69 Å². The van der Waals surface area contributed by atoms with Gasteiger partial charge < -0.3 is 18.8 Å². The highest BCUT2D eigenvalue weighted by molar-refractivity contribution is 6.35. The highest BCUT2D eigenvalue weighted by atomic mass is 35.5. The molecule has 0 radical (unpaired) electrons. The third-order valence-electron chi connectivity index (χ3n) is 6.47. The first kappa shape index (κ1) is 21.9. The van der Waals surface area contributed by atoms with E-state index >= 15 is 0 Å². The number of piperidine rings is 1. The van der Waals surface area contributed by atoms with Gasteiger partial charge in [-0.15, -0.1) is 0 Å². The molecule has 0 N–H and O–H groups in total. The standard InChI is InChI=1S/C26H25ClN2O4/c1-31-26(32-2)17-11-14-29(15-12-17)18-8-6-16(7-9-18)19-10-13-28-23-24(30)22-20(27)4-3-5-21(22)33-25(19)23/h3-10,13,17,26H,11-12,14-15H2,1-2H3. The fourth-order valence-corrected chi connectivity index (χ4v) is 4.99. The van der Waals surface area contributed by atoms with E-state index in [0.29, 0.717) is 27.5 Å². The van der Waals surface area contributed by atoms with Crippen LogP contribution in [0.5, 0.6) is 0 Å². The Morgan fingerprint density at radius 2 is 1.79 bits per heavy atom. The average molecular weight is 465 g/mol. The molecular formula is C26H25ClN2O4. The minimum Gasteiger partial charge on any atom is -0.453 e.